The van der Waals surface area contributed by atoms with Gasteiger partial charge in [-0.25, -0.2) is 4.79 Å². The summed E-state index contributed by atoms with van der Waals surface area (Å²) in [5.41, 5.74) is 0.774. The number of rotatable bonds is 7. The van der Waals surface area contributed by atoms with Crippen LogP contribution in [-0.2, 0) is 24.4 Å². The molecule has 3 rings (SSSR count). The molecule has 0 unspecified atom stereocenters. The summed E-state index contributed by atoms with van der Waals surface area (Å²) in [7, 11) is 1.72. The number of carbonyl (C=O) groups is 1. The number of fused-ring (bicyclic) bond motifs is 1. The van der Waals surface area contributed by atoms with Crippen LogP contribution < -0.4 is 11.2 Å². The lowest BCUT2D eigenvalue weighted by Gasteiger charge is -2.20. The fourth-order valence-electron chi connectivity index (χ4n) is 3.31. The van der Waals surface area contributed by atoms with Gasteiger partial charge in [0.05, 0.1) is 10.9 Å². The quantitative estimate of drug-likeness (QED) is 0.620. The molecule has 1 heterocycles. The van der Waals surface area contributed by atoms with E-state index in [1.54, 1.807) is 36.2 Å². The number of benzene rings is 2. The van der Waals surface area contributed by atoms with Gasteiger partial charge in [0, 0.05) is 20.1 Å². The van der Waals surface area contributed by atoms with Gasteiger partial charge in [-0.05, 0) is 30.0 Å². The summed E-state index contributed by atoms with van der Waals surface area (Å²) in [6, 6.07) is 16.7. The van der Waals surface area contributed by atoms with Crippen molar-refractivity contribution >= 4 is 16.8 Å². The number of likely N-dealkylation sites (N-methyl/N-ethyl adjacent to an activating group) is 1. The largest absolute Gasteiger partial charge is 0.340 e. The third-order valence-electron chi connectivity index (χ3n) is 5.04. The third kappa shape index (κ3) is 4.65. The first-order chi connectivity index (χ1) is 13.9. The molecule has 0 aliphatic carbocycles. The van der Waals surface area contributed by atoms with Gasteiger partial charge in [0.1, 0.15) is 6.54 Å². The van der Waals surface area contributed by atoms with Crippen LogP contribution in [0.4, 0.5) is 0 Å². The van der Waals surface area contributed by atoms with Crippen LogP contribution >= 0.6 is 0 Å². The van der Waals surface area contributed by atoms with Crippen molar-refractivity contribution in [3.63, 3.8) is 0 Å². The van der Waals surface area contributed by atoms with Gasteiger partial charge >= 0.3 is 5.69 Å². The van der Waals surface area contributed by atoms with Crippen LogP contribution in [0.2, 0.25) is 0 Å². The van der Waals surface area contributed by atoms with Crippen molar-refractivity contribution in [1.29, 1.82) is 0 Å². The number of carbonyl (C=O) groups excluding carboxylic acids is 1. The summed E-state index contributed by atoms with van der Waals surface area (Å²) < 4.78 is 2.67. The number of hydrogen-bond acceptors (Lipinski definition) is 3. The molecular formula is C23H27N3O3. The van der Waals surface area contributed by atoms with Crippen LogP contribution in [0.1, 0.15) is 25.8 Å². The van der Waals surface area contributed by atoms with E-state index in [0.717, 1.165) is 12.0 Å². The van der Waals surface area contributed by atoms with E-state index in [4.69, 9.17) is 0 Å². The van der Waals surface area contributed by atoms with Gasteiger partial charge in [-0.15, -0.1) is 0 Å². The number of aromatic nitrogens is 2. The predicted octanol–water partition coefficient (Wildman–Crippen LogP) is 2.87. The van der Waals surface area contributed by atoms with Gasteiger partial charge in [0.15, 0.2) is 0 Å². The van der Waals surface area contributed by atoms with Gasteiger partial charge in [0.2, 0.25) is 5.91 Å². The van der Waals surface area contributed by atoms with Crippen LogP contribution in [0.25, 0.3) is 10.9 Å². The van der Waals surface area contributed by atoms with Crippen LogP contribution in [0.3, 0.4) is 0 Å². The molecule has 29 heavy (non-hydrogen) atoms. The van der Waals surface area contributed by atoms with Crippen molar-refractivity contribution in [1.82, 2.24) is 14.0 Å². The highest BCUT2D eigenvalue weighted by Crippen LogP contribution is 2.10. The van der Waals surface area contributed by atoms with Crippen LogP contribution in [-0.4, -0.2) is 27.0 Å². The highest BCUT2D eigenvalue weighted by Gasteiger charge is 2.17. The van der Waals surface area contributed by atoms with E-state index in [2.05, 4.69) is 0 Å². The molecule has 3 aromatic rings. The Bertz CT molecular complexity index is 1110. The molecule has 152 valence electrons. The molecule has 0 saturated heterocycles. The SMILES string of the molecule is CC(C)CCn1c(=O)c2ccccc2n(CC(=O)N(C)Cc2ccccc2)c1=O. The molecule has 6 nitrogen and oxygen atoms in total. The predicted molar refractivity (Wildman–Crippen MR) is 115 cm³/mol. The zero-order chi connectivity index (χ0) is 21.0. The van der Waals surface area contributed by atoms with E-state index in [1.807, 2.05) is 44.2 Å². The summed E-state index contributed by atoms with van der Waals surface area (Å²) in [4.78, 5) is 40.4. The Morgan fingerprint density at radius 1 is 0.966 bits per heavy atom. The molecule has 1 amide bonds. The average Bonchev–Trinajstić information content (AvgIpc) is 2.71. The molecule has 0 aliphatic rings. The summed E-state index contributed by atoms with van der Waals surface area (Å²) in [6.07, 6.45) is 0.718. The van der Waals surface area contributed by atoms with Crippen molar-refractivity contribution in [2.24, 2.45) is 5.92 Å². The Kier molecular flexibility index (Phi) is 6.32. The van der Waals surface area contributed by atoms with E-state index in [1.165, 1.54) is 9.13 Å². The van der Waals surface area contributed by atoms with Gasteiger partial charge in [-0.1, -0.05) is 56.3 Å². The maximum atomic E-state index is 13.1. The van der Waals surface area contributed by atoms with Gasteiger partial charge in [-0.2, -0.15) is 0 Å². The monoisotopic (exact) mass is 393 g/mol. The molecule has 0 fully saturated rings. The highest BCUT2D eigenvalue weighted by atomic mass is 16.2. The standard InChI is InChI=1S/C23H27N3O3/c1-17(2)13-14-25-22(28)19-11-7-8-12-20(19)26(23(25)29)16-21(27)24(3)15-18-9-5-4-6-10-18/h4-12,17H,13-16H2,1-3H3. The number of para-hydroxylation sites is 1. The third-order valence-corrected chi connectivity index (χ3v) is 5.04. The van der Waals surface area contributed by atoms with E-state index >= 15 is 0 Å². The lowest BCUT2D eigenvalue weighted by molar-refractivity contribution is -0.131. The Hall–Kier alpha value is -3.15. The van der Waals surface area contributed by atoms with E-state index in [0.29, 0.717) is 29.9 Å². The second-order valence-corrected chi connectivity index (χ2v) is 7.76. The molecule has 0 radical (unpaired) electrons. The molecule has 1 aromatic heterocycles. The minimum atomic E-state index is -0.434. The maximum Gasteiger partial charge on any atom is 0.331 e. The van der Waals surface area contributed by atoms with Crippen molar-refractivity contribution in [2.45, 2.75) is 39.9 Å². The Balaban J connectivity index is 1.96. The fourth-order valence-corrected chi connectivity index (χ4v) is 3.31. The Labute approximate surface area is 170 Å². The zero-order valence-corrected chi connectivity index (χ0v) is 17.2. The van der Waals surface area contributed by atoms with Crippen LogP contribution in [0.15, 0.2) is 64.2 Å². The Morgan fingerprint density at radius 2 is 1.62 bits per heavy atom. The molecule has 0 aliphatic heterocycles. The smallest absolute Gasteiger partial charge is 0.331 e. The molecule has 0 atom stereocenters. The van der Waals surface area contributed by atoms with E-state index in [9.17, 15) is 14.4 Å². The molecule has 6 heteroatoms. The number of nitrogens with zero attached hydrogens (tertiary/aromatic N) is 3. The first-order valence-electron chi connectivity index (χ1n) is 9.88. The summed E-state index contributed by atoms with van der Waals surface area (Å²) in [6.45, 7) is 4.79. The zero-order valence-electron chi connectivity index (χ0n) is 17.2. The Morgan fingerprint density at radius 3 is 2.31 bits per heavy atom. The first kappa shape index (κ1) is 20.6. The maximum absolute atomic E-state index is 13.1. The van der Waals surface area contributed by atoms with Crippen molar-refractivity contribution in [3.8, 4) is 0 Å². The number of hydrogen-bond donors (Lipinski definition) is 0. The second-order valence-electron chi connectivity index (χ2n) is 7.76. The molecule has 0 spiro atoms. The molecule has 0 saturated carbocycles. The van der Waals surface area contributed by atoms with Crippen LogP contribution in [0.5, 0.6) is 0 Å². The van der Waals surface area contributed by atoms with Crippen molar-refractivity contribution in [3.05, 3.63) is 81.0 Å². The van der Waals surface area contributed by atoms with Crippen LogP contribution in [0, 0.1) is 5.92 Å². The van der Waals surface area contributed by atoms with Crippen molar-refractivity contribution in [2.75, 3.05) is 7.05 Å². The average molecular weight is 393 g/mol. The van der Waals surface area contributed by atoms with E-state index in [-0.39, 0.29) is 18.0 Å². The molecule has 0 bridgehead atoms. The number of amides is 1. The fraction of sp³-hybridized carbons (Fsp3) is 0.348. The topological polar surface area (TPSA) is 64.3 Å². The lowest BCUT2D eigenvalue weighted by Crippen LogP contribution is -2.43. The second kappa shape index (κ2) is 8.90. The minimum Gasteiger partial charge on any atom is -0.340 e. The van der Waals surface area contributed by atoms with Gasteiger partial charge in [-0.3, -0.25) is 18.7 Å². The minimum absolute atomic E-state index is 0.107. The lowest BCUT2D eigenvalue weighted by atomic mass is 10.1. The van der Waals surface area contributed by atoms with E-state index < -0.39 is 5.69 Å². The molecular weight excluding hydrogens is 366 g/mol. The molecule has 2 aromatic carbocycles. The van der Waals surface area contributed by atoms with Crippen molar-refractivity contribution < 1.29 is 4.79 Å². The first-order valence-corrected chi connectivity index (χ1v) is 9.88. The highest BCUT2D eigenvalue weighted by molar-refractivity contribution is 5.81. The normalized spacial score (nSPS) is 11.2. The van der Waals surface area contributed by atoms with Gasteiger partial charge < -0.3 is 4.90 Å². The van der Waals surface area contributed by atoms with Gasteiger partial charge in [0.25, 0.3) is 5.56 Å². The summed E-state index contributed by atoms with van der Waals surface area (Å²) in [5, 5.41) is 0.453. The summed E-state index contributed by atoms with van der Waals surface area (Å²) >= 11 is 0. The summed E-state index contributed by atoms with van der Waals surface area (Å²) in [5.74, 6) is 0.176. The molecule has 0 N–H and O–H groups in total.